The van der Waals surface area contributed by atoms with Gasteiger partial charge in [0.25, 0.3) is 0 Å². The molecule has 3 aromatic carbocycles. The summed E-state index contributed by atoms with van der Waals surface area (Å²) >= 11 is 0. The van der Waals surface area contributed by atoms with Crippen molar-refractivity contribution in [1.29, 1.82) is 0 Å². The number of benzene rings is 3. The Balaban J connectivity index is 0.00000533. The number of phenols is 1. The molecule has 3 aromatic rings. The maximum absolute atomic E-state index is 12.2. The molecule has 0 atom stereocenters. The summed E-state index contributed by atoms with van der Waals surface area (Å²) in [5.74, 6) is -1.67. The number of fused-ring (bicyclic) bond motifs is 1. The van der Waals surface area contributed by atoms with Crippen LogP contribution in [-0.4, -0.2) is 64.8 Å². The smallest absolute Gasteiger partial charge is 0.744 e. The van der Waals surface area contributed by atoms with Crippen molar-refractivity contribution >= 4 is 68.3 Å². The average molecular weight is 678 g/mol. The Morgan fingerprint density at radius 2 is 1.34 bits per heavy atom. The van der Waals surface area contributed by atoms with Crippen molar-refractivity contribution in [2.24, 2.45) is 10.2 Å². The fraction of sp³-hybridized carbons (Fsp3) is 0.111. The molecule has 0 bridgehead atoms. The zero-order valence-corrected chi connectivity index (χ0v) is 30.7. The van der Waals surface area contributed by atoms with Crippen LogP contribution in [0.15, 0.2) is 67.4 Å². The van der Waals surface area contributed by atoms with Gasteiger partial charge in [-0.2, -0.15) is 5.11 Å². The molecule has 0 saturated heterocycles. The van der Waals surface area contributed by atoms with Crippen molar-refractivity contribution in [1.82, 2.24) is 0 Å². The summed E-state index contributed by atoms with van der Waals surface area (Å²) in [6, 6.07) is 6.20. The maximum Gasteiger partial charge on any atom is 1.00 e. The van der Waals surface area contributed by atoms with E-state index in [4.69, 9.17) is 5.73 Å². The van der Waals surface area contributed by atoms with Gasteiger partial charge in [0.1, 0.15) is 31.7 Å². The zero-order chi connectivity index (χ0) is 28.7. The Hall–Kier alpha value is -0.240. The Kier molecular flexibility index (Phi) is 15.1. The molecule has 0 fully saturated rings. The topological polar surface area (TPSA) is 286 Å². The van der Waals surface area contributed by atoms with Crippen molar-refractivity contribution in [3.8, 4) is 5.75 Å². The minimum Gasteiger partial charge on any atom is -0.744 e. The molecular weight excluding hydrogens is 663 g/mol. The Labute approximate surface area is 301 Å². The van der Waals surface area contributed by atoms with Crippen molar-refractivity contribution < 1.29 is 145 Å². The van der Waals surface area contributed by atoms with E-state index in [0.717, 1.165) is 24.3 Å². The number of nitrogens with two attached hydrogens (primary N) is 1. The summed E-state index contributed by atoms with van der Waals surface area (Å²) in [5, 5.41) is 16.8. The number of hydrogen-bond donors (Lipinski definition) is 2. The summed E-state index contributed by atoms with van der Waals surface area (Å²) in [4.78, 5) is -2.29. The summed E-state index contributed by atoms with van der Waals surface area (Å²) in [7, 11) is -19.5. The van der Waals surface area contributed by atoms with E-state index in [1.165, 1.54) is 0 Å². The van der Waals surface area contributed by atoms with Crippen LogP contribution in [0.25, 0.3) is 10.8 Å². The molecule has 3 N–H and O–H groups in total. The van der Waals surface area contributed by atoms with Crippen LogP contribution >= 0.6 is 0 Å². The van der Waals surface area contributed by atoms with E-state index in [1.54, 1.807) is 0 Å². The van der Waals surface area contributed by atoms with Crippen LogP contribution in [0.1, 0.15) is 0 Å². The fourth-order valence-corrected chi connectivity index (χ4v) is 5.79. The van der Waals surface area contributed by atoms with Crippen LogP contribution in [0.3, 0.4) is 0 Å². The van der Waals surface area contributed by atoms with Gasteiger partial charge in [-0.15, -0.1) is 5.11 Å². The van der Waals surface area contributed by atoms with E-state index in [2.05, 4.69) is 14.4 Å². The minimum atomic E-state index is -5.31. The summed E-state index contributed by atoms with van der Waals surface area (Å²) in [5.41, 5.74) is 4.50. The number of nitrogens with zero attached hydrogens (tertiary/aromatic N) is 2. The average Bonchev–Trinajstić information content (AvgIpc) is 2.76. The molecule has 41 heavy (non-hydrogen) atoms. The number of phenolic OH excluding ortho intramolecular Hbond substituents is 1. The van der Waals surface area contributed by atoms with Crippen LogP contribution in [0.5, 0.6) is 5.75 Å². The molecule has 0 radical (unpaired) electrons. The van der Waals surface area contributed by atoms with Gasteiger partial charge in [0.15, 0.2) is 9.84 Å². The van der Waals surface area contributed by atoms with E-state index >= 15 is 0 Å². The van der Waals surface area contributed by atoms with Gasteiger partial charge in [0.2, 0.25) is 10.4 Å². The molecule has 0 aliphatic carbocycles. The monoisotopic (exact) mass is 677 g/mol. The van der Waals surface area contributed by atoms with Gasteiger partial charge >= 0.3 is 88.7 Å². The number of sulfone groups is 1. The van der Waals surface area contributed by atoms with Crippen LogP contribution in [0.2, 0.25) is 0 Å². The number of hydrogen-bond acceptors (Lipinski definition) is 16. The molecule has 23 heteroatoms. The van der Waals surface area contributed by atoms with Gasteiger partial charge in [0.05, 0.1) is 38.4 Å². The molecule has 0 unspecified atom stereocenters. The molecule has 0 amide bonds. The molecular formula is C18H14N3Na3O13S4. The molecule has 0 saturated carbocycles. The largest absolute Gasteiger partial charge is 1.00 e. The number of azo groups is 1. The van der Waals surface area contributed by atoms with E-state index in [9.17, 15) is 52.4 Å². The van der Waals surface area contributed by atoms with Gasteiger partial charge in [-0.25, -0.2) is 33.7 Å². The van der Waals surface area contributed by atoms with Crippen molar-refractivity contribution in [2.75, 3.05) is 18.1 Å². The molecule has 0 spiro atoms. The Morgan fingerprint density at radius 1 is 0.780 bits per heavy atom. The number of aromatic hydroxyl groups is 1. The van der Waals surface area contributed by atoms with Gasteiger partial charge < -0.3 is 24.5 Å². The second kappa shape index (κ2) is 15.2. The standard InChI is InChI=1S/C18H17N3O13S4.3Na/c19-17-16-10(7-13(9-14(16)22)36(25,26)27)8-15(37(28,29)30)18(17)21-20-11-1-3-12(4-2-11)35(23,24)6-5-34-38(31,32)33;;;/h1-4,7-9,22H,5-6,19H2,(H,25,26,27)(H,28,29,30)(H,31,32,33);;;/q;3*+1/p-3. The first-order valence-corrected chi connectivity index (χ1v) is 15.5. The summed E-state index contributed by atoms with van der Waals surface area (Å²) < 4.78 is 129. The Bertz CT molecular complexity index is 1900. The van der Waals surface area contributed by atoms with Gasteiger partial charge in [-0.05, 0) is 47.9 Å². The maximum atomic E-state index is 12.2. The van der Waals surface area contributed by atoms with Gasteiger partial charge in [-0.1, -0.05) is 0 Å². The molecule has 16 nitrogen and oxygen atoms in total. The van der Waals surface area contributed by atoms with Crippen LogP contribution in [-0.2, 0) is 44.7 Å². The second-order valence-electron chi connectivity index (χ2n) is 7.33. The quantitative estimate of drug-likeness (QED) is 0.0699. The second-order valence-corrected chi connectivity index (χ2v) is 13.2. The van der Waals surface area contributed by atoms with Gasteiger partial charge in [-0.3, -0.25) is 4.18 Å². The molecule has 0 aliphatic rings. The van der Waals surface area contributed by atoms with E-state index < -0.39 is 79.7 Å². The summed E-state index contributed by atoms with van der Waals surface area (Å²) in [6.45, 7) is -0.918. The number of rotatable bonds is 9. The Morgan fingerprint density at radius 3 is 1.83 bits per heavy atom. The first-order chi connectivity index (χ1) is 17.3. The molecule has 0 aliphatic heterocycles. The predicted molar refractivity (Wildman–Crippen MR) is 124 cm³/mol. The first-order valence-electron chi connectivity index (χ1n) is 9.65. The van der Waals surface area contributed by atoms with Crippen molar-refractivity contribution in [2.45, 2.75) is 14.7 Å². The van der Waals surface area contributed by atoms with Crippen molar-refractivity contribution in [3.63, 3.8) is 0 Å². The minimum absolute atomic E-state index is 0. The van der Waals surface area contributed by atoms with Crippen LogP contribution in [0, 0.1) is 0 Å². The van der Waals surface area contributed by atoms with E-state index in [0.29, 0.717) is 18.2 Å². The molecule has 3 rings (SSSR count). The SMILES string of the molecule is Nc1c(N=Nc2ccc(S(=O)(=O)CCOS(=O)(=O)[O-])cc2)c(S(=O)(=O)[O-])cc2cc(S(=O)(=O)[O-])cc(O)c12.[Na+].[Na+].[Na+]. The first kappa shape index (κ1) is 40.8. The fourth-order valence-electron chi connectivity index (χ4n) is 3.12. The third kappa shape index (κ3) is 10.7. The predicted octanol–water partition coefficient (Wildman–Crippen LogP) is -8.39. The van der Waals surface area contributed by atoms with E-state index in [1.807, 2.05) is 0 Å². The number of anilines is 1. The zero-order valence-electron chi connectivity index (χ0n) is 21.4. The van der Waals surface area contributed by atoms with Crippen molar-refractivity contribution in [3.05, 3.63) is 42.5 Å². The third-order valence-corrected chi connectivity index (χ3v) is 8.58. The third-order valence-electron chi connectivity index (χ3n) is 4.77. The molecule has 206 valence electrons. The normalized spacial score (nSPS) is 12.4. The molecule has 0 heterocycles. The van der Waals surface area contributed by atoms with Crippen LogP contribution < -0.4 is 94.4 Å². The number of nitrogen functional groups attached to an aromatic ring is 1. The molecule has 0 aromatic heterocycles. The van der Waals surface area contributed by atoms with Gasteiger partial charge in [0, 0.05) is 5.39 Å². The van der Waals surface area contributed by atoms with E-state index in [-0.39, 0.29) is 110 Å². The van der Waals surface area contributed by atoms with Crippen LogP contribution in [0.4, 0.5) is 17.1 Å². The summed E-state index contributed by atoms with van der Waals surface area (Å²) in [6.07, 6.45) is 0.